The number of nitrogens with zero attached hydrogens (tertiary/aromatic N) is 2. The number of halogens is 2. The van der Waals surface area contributed by atoms with Crippen LogP contribution in [0.1, 0.15) is 46.9 Å². The van der Waals surface area contributed by atoms with Crippen molar-refractivity contribution >= 4 is 46.4 Å². The molecule has 2 amide bonds. The van der Waals surface area contributed by atoms with Crippen molar-refractivity contribution in [1.29, 1.82) is 0 Å². The summed E-state index contributed by atoms with van der Waals surface area (Å²) in [6.07, 6.45) is 1.39. The quantitative estimate of drug-likeness (QED) is 0.817. The Balaban J connectivity index is 1.74. The highest BCUT2D eigenvalue weighted by Crippen LogP contribution is 2.27. The molecule has 0 radical (unpaired) electrons. The first-order chi connectivity index (χ1) is 12.4. The zero-order valence-electron chi connectivity index (χ0n) is 14.5. The molecule has 8 heteroatoms. The third kappa shape index (κ3) is 4.03. The van der Waals surface area contributed by atoms with Crippen LogP contribution in [-0.4, -0.2) is 34.3 Å². The van der Waals surface area contributed by atoms with Gasteiger partial charge in [-0.15, -0.1) is 11.3 Å². The van der Waals surface area contributed by atoms with E-state index in [2.05, 4.69) is 10.3 Å². The maximum Gasteiger partial charge on any atom is 0.256 e. The van der Waals surface area contributed by atoms with E-state index in [4.69, 9.17) is 23.2 Å². The first-order valence-electron chi connectivity index (χ1n) is 8.35. The van der Waals surface area contributed by atoms with E-state index in [9.17, 15) is 9.59 Å². The third-order valence-electron chi connectivity index (χ3n) is 4.41. The van der Waals surface area contributed by atoms with Crippen LogP contribution in [0.25, 0.3) is 0 Å². The molecule has 2 aromatic rings. The Hall–Kier alpha value is -1.63. The second kappa shape index (κ2) is 7.94. The molecule has 1 saturated heterocycles. The van der Waals surface area contributed by atoms with E-state index >= 15 is 0 Å². The molecular weight excluding hydrogens is 393 g/mol. The summed E-state index contributed by atoms with van der Waals surface area (Å²) >= 11 is 13.7. The minimum atomic E-state index is -0.514. The van der Waals surface area contributed by atoms with Crippen molar-refractivity contribution in [3.05, 3.63) is 49.9 Å². The van der Waals surface area contributed by atoms with Crippen LogP contribution in [0.5, 0.6) is 0 Å². The fourth-order valence-electron chi connectivity index (χ4n) is 3.06. The summed E-state index contributed by atoms with van der Waals surface area (Å²) in [7, 11) is 0. The molecule has 0 bridgehead atoms. The molecule has 2 unspecified atom stereocenters. The van der Waals surface area contributed by atoms with Crippen molar-refractivity contribution < 1.29 is 9.59 Å². The fourth-order valence-corrected chi connectivity index (χ4v) is 4.14. The maximum absolute atomic E-state index is 12.9. The molecule has 138 valence electrons. The minimum absolute atomic E-state index is 0.174. The Morgan fingerprint density at radius 1 is 1.38 bits per heavy atom. The molecule has 1 aromatic heterocycles. The molecule has 26 heavy (non-hydrogen) atoms. The first-order valence-corrected chi connectivity index (χ1v) is 9.99. The van der Waals surface area contributed by atoms with Gasteiger partial charge in [0.1, 0.15) is 6.04 Å². The predicted octanol–water partition coefficient (Wildman–Crippen LogP) is 4.24. The van der Waals surface area contributed by atoms with Crippen molar-refractivity contribution in [2.75, 3.05) is 6.54 Å². The Morgan fingerprint density at radius 2 is 2.15 bits per heavy atom. The Labute approximate surface area is 166 Å². The number of thiazole rings is 1. The summed E-state index contributed by atoms with van der Waals surface area (Å²) < 4.78 is 0. The summed E-state index contributed by atoms with van der Waals surface area (Å²) in [6, 6.07) is 4.04. The number of hydrogen-bond donors (Lipinski definition) is 1. The molecule has 1 aliphatic heterocycles. The summed E-state index contributed by atoms with van der Waals surface area (Å²) in [5, 5.41) is 6.62. The smallest absolute Gasteiger partial charge is 0.256 e. The Bertz CT molecular complexity index is 840. The average Bonchev–Trinajstić information content (AvgIpc) is 3.25. The third-order valence-corrected chi connectivity index (χ3v) is 5.77. The van der Waals surface area contributed by atoms with Gasteiger partial charge in [0, 0.05) is 16.9 Å². The number of carbonyl (C=O) groups is 2. The van der Waals surface area contributed by atoms with Gasteiger partial charge in [0.2, 0.25) is 5.91 Å². The number of likely N-dealkylation sites (tertiary alicyclic amines) is 1. The number of hydrogen-bond acceptors (Lipinski definition) is 4. The van der Waals surface area contributed by atoms with Gasteiger partial charge in [-0.2, -0.15) is 0 Å². The number of aromatic nitrogens is 1. The van der Waals surface area contributed by atoms with Crippen LogP contribution in [0.2, 0.25) is 10.0 Å². The largest absolute Gasteiger partial charge is 0.346 e. The van der Waals surface area contributed by atoms with Crippen LogP contribution in [0.3, 0.4) is 0 Å². The van der Waals surface area contributed by atoms with Gasteiger partial charge in [-0.1, -0.05) is 23.2 Å². The van der Waals surface area contributed by atoms with Crippen molar-refractivity contribution in [1.82, 2.24) is 15.2 Å². The molecule has 3 rings (SSSR count). The van der Waals surface area contributed by atoms with E-state index in [1.807, 2.05) is 19.2 Å². The molecule has 1 aromatic carbocycles. The standard InChI is InChI=1S/C18H19Cl2N3O2S/c1-10(15-9-26-11(2)22-15)21-17(24)16-4-3-7-23(16)18(25)13-8-12(19)5-6-14(13)20/h5-6,8-10,16H,3-4,7H2,1-2H3,(H,21,24). The van der Waals surface area contributed by atoms with Crippen molar-refractivity contribution in [3.63, 3.8) is 0 Å². The number of aryl methyl sites for hydroxylation is 1. The number of amides is 2. The lowest BCUT2D eigenvalue weighted by Crippen LogP contribution is -2.46. The van der Waals surface area contributed by atoms with Gasteiger partial charge >= 0.3 is 0 Å². The molecule has 0 aliphatic carbocycles. The van der Waals surface area contributed by atoms with Gasteiger partial charge in [-0.25, -0.2) is 4.98 Å². The van der Waals surface area contributed by atoms with Crippen LogP contribution in [0.15, 0.2) is 23.6 Å². The normalized spacial score (nSPS) is 18.0. The number of carbonyl (C=O) groups excluding carboxylic acids is 2. The summed E-state index contributed by atoms with van der Waals surface area (Å²) in [5.74, 6) is -0.445. The second-order valence-corrected chi connectivity index (χ2v) is 8.21. The number of benzene rings is 1. The van der Waals surface area contributed by atoms with Gasteiger partial charge in [0.25, 0.3) is 5.91 Å². The van der Waals surface area contributed by atoms with Crippen molar-refractivity contribution in [2.45, 2.75) is 38.8 Å². The lowest BCUT2D eigenvalue weighted by Gasteiger charge is -2.25. The average molecular weight is 412 g/mol. The maximum atomic E-state index is 12.9. The van der Waals surface area contributed by atoms with Crippen LogP contribution < -0.4 is 5.32 Å². The van der Waals surface area contributed by atoms with Crippen molar-refractivity contribution in [2.24, 2.45) is 0 Å². The van der Waals surface area contributed by atoms with E-state index in [-0.39, 0.29) is 17.9 Å². The van der Waals surface area contributed by atoms with E-state index in [0.717, 1.165) is 17.1 Å². The molecule has 2 heterocycles. The molecule has 0 saturated carbocycles. The topological polar surface area (TPSA) is 62.3 Å². The molecule has 2 atom stereocenters. The van der Waals surface area contributed by atoms with Crippen LogP contribution >= 0.6 is 34.5 Å². The lowest BCUT2D eigenvalue weighted by molar-refractivity contribution is -0.125. The summed E-state index contributed by atoms with van der Waals surface area (Å²) in [5.41, 5.74) is 1.15. The predicted molar refractivity (Wildman–Crippen MR) is 104 cm³/mol. The van der Waals surface area contributed by atoms with Gasteiger partial charge in [-0.3, -0.25) is 9.59 Å². The molecular formula is C18H19Cl2N3O2S. The van der Waals surface area contributed by atoms with Crippen LogP contribution in [-0.2, 0) is 4.79 Å². The molecule has 1 fully saturated rings. The highest BCUT2D eigenvalue weighted by molar-refractivity contribution is 7.09. The van der Waals surface area contributed by atoms with Crippen molar-refractivity contribution in [3.8, 4) is 0 Å². The van der Waals surface area contributed by atoms with E-state index in [1.165, 1.54) is 0 Å². The fraction of sp³-hybridized carbons (Fsp3) is 0.389. The highest BCUT2D eigenvalue weighted by Gasteiger charge is 2.35. The zero-order chi connectivity index (χ0) is 18.8. The van der Waals surface area contributed by atoms with E-state index < -0.39 is 6.04 Å². The van der Waals surface area contributed by atoms with E-state index in [0.29, 0.717) is 28.6 Å². The Morgan fingerprint density at radius 3 is 2.85 bits per heavy atom. The number of rotatable bonds is 4. The van der Waals surface area contributed by atoms with Crippen LogP contribution in [0.4, 0.5) is 0 Å². The van der Waals surface area contributed by atoms with Gasteiger partial charge in [0.05, 0.1) is 27.3 Å². The van der Waals surface area contributed by atoms with E-state index in [1.54, 1.807) is 34.4 Å². The van der Waals surface area contributed by atoms with Crippen LogP contribution in [0, 0.1) is 6.92 Å². The Kier molecular flexibility index (Phi) is 5.85. The second-order valence-electron chi connectivity index (χ2n) is 6.30. The summed E-state index contributed by atoms with van der Waals surface area (Å²) in [6.45, 7) is 4.33. The SMILES string of the molecule is Cc1nc(C(C)NC(=O)C2CCCN2C(=O)c2cc(Cl)ccc2Cl)cs1. The van der Waals surface area contributed by atoms with Gasteiger partial charge in [-0.05, 0) is 44.9 Å². The minimum Gasteiger partial charge on any atom is -0.346 e. The first kappa shape index (κ1) is 19.1. The monoisotopic (exact) mass is 411 g/mol. The highest BCUT2D eigenvalue weighted by atomic mass is 35.5. The molecule has 1 N–H and O–H groups in total. The lowest BCUT2D eigenvalue weighted by atomic mass is 10.1. The molecule has 0 spiro atoms. The summed E-state index contributed by atoms with van der Waals surface area (Å²) in [4.78, 5) is 31.6. The molecule has 5 nitrogen and oxygen atoms in total. The molecule has 1 aliphatic rings. The van der Waals surface area contributed by atoms with Gasteiger partial charge in [0.15, 0.2) is 0 Å². The zero-order valence-corrected chi connectivity index (χ0v) is 16.8. The van der Waals surface area contributed by atoms with Gasteiger partial charge < -0.3 is 10.2 Å². The number of nitrogens with one attached hydrogen (secondary N) is 1.